The van der Waals surface area contributed by atoms with Crippen LogP contribution in [-0.2, 0) is 23.9 Å². The third-order valence-corrected chi connectivity index (χ3v) is 10.5. The van der Waals surface area contributed by atoms with E-state index in [2.05, 4.69) is 27.7 Å². The molecule has 0 aromatic rings. The summed E-state index contributed by atoms with van der Waals surface area (Å²) < 4.78 is 12.8. The number of ether oxygens (including phenoxy) is 2. The van der Waals surface area contributed by atoms with Gasteiger partial charge in [0.15, 0.2) is 17.2 Å². The molecule has 1 saturated heterocycles. The second-order valence-corrected chi connectivity index (χ2v) is 11.8. The molecule has 1 spiro atoms. The first kappa shape index (κ1) is 22.6. The van der Waals surface area contributed by atoms with Gasteiger partial charge in [0.2, 0.25) is 0 Å². The molecule has 5 aliphatic rings. The van der Waals surface area contributed by atoms with Crippen LogP contribution in [0.25, 0.3) is 0 Å². The Kier molecular flexibility index (Phi) is 4.88. The number of alkyl halides is 1. The van der Waals surface area contributed by atoms with E-state index in [4.69, 9.17) is 21.1 Å². The van der Waals surface area contributed by atoms with Crippen molar-refractivity contribution in [3.8, 4) is 0 Å². The predicted octanol–water partition coefficient (Wildman–Crippen LogP) is 4.64. The van der Waals surface area contributed by atoms with E-state index in [9.17, 15) is 14.4 Å². The minimum absolute atomic E-state index is 0.0102. The molecule has 1 heterocycles. The molecule has 5 nitrogen and oxygen atoms in total. The number of rotatable bonds is 4. The van der Waals surface area contributed by atoms with Crippen molar-refractivity contribution in [3.05, 3.63) is 11.6 Å². The lowest BCUT2D eigenvalue weighted by Crippen LogP contribution is -2.64. The zero-order chi connectivity index (χ0) is 23.3. The fourth-order valence-corrected chi connectivity index (χ4v) is 9.15. The highest BCUT2D eigenvalue weighted by atomic mass is 35.5. The summed E-state index contributed by atoms with van der Waals surface area (Å²) in [4.78, 5) is 38.3. The third kappa shape index (κ3) is 2.43. The monoisotopic (exact) mass is 462 g/mol. The Hall–Kier alpha value is -1.20. The second-order valence-electron chi connectivity index (χ2n) is 11.5. The number of hydrogen-bond donors (Lipinski definition) is 0. The lowest BCUT2D eigenvalue weighted by atomic mass is 9.44. The van der Waals surface area contributed by atoms with Crippen molar-refractivity contribution >= 4 is 29.1 Å². The van der Waals surface area contributed by atoms with Crippen LogP contribution in [0.15, 0.2) is 11.6 Å². The summed E-state index contributed by atoms with van der Waals surface area (Å²) in [5, 5.41) is 0. The zero-order valence-electron chi connectivity index (χ0n) is 19.8. The quantitative estimate of drug-likeness (QED) is 0.345. The fourth-order valence-electron chi connectivity index (χ4n) is 8.95. The molecule has 3 saturated carbocycles. The molecule has 0 aromatic heterocycles. The molecular weight excluding hydrogens is 428 g/mol. The molecule has 176 valence electrons. The van der Waals surface area contributed by atoms with Crippen LogP contribution < -0.4 is 0 Å². The Balaban J connectivity index is 1.62. The fraction of sp³-hybridized carbons (Fsp3) is 0.808. The Morgan fingerprint density at radius 3 is 2.59 bits per heavy atom. The topological polar surface area (TPSA) is 73.0 Å². The summed E-state index contributed by atoms with van der Waals surface area (Å²) in [6.45, 7) is 10.5. The lowest BCUT2D eigenvalue weighted by molar-refractivity contribution is -0.191. The van der Waals surface area contributed by atoms with E-state index in [-0.39, 0.29) is 64.7 Å². The standard InChI is InChI=1S/C26H35ClO5/c1-6-22(30)32-25(20(29)13-27)15(3)10-18-19-9-14(2)17-11-16(28)7-8-23(17,4)26(19)21(31-26)12-24(18,25)5/h11,14-15,18-19,21H,6-10,12-13H2,1-5H3/t14-,15-,18-,19-,21-,23-,24-,25-,26-/m0/s1. The second kappa shape index (κ2) is 6.91. The minimum atomic E-state index is -1.20. The number of carbonyl (C=O) groups excluding carboxylic acids is 3. The molecule has 32 heavy (non-hydrogen) atoms. The van der Waals surface area contributed by atoms with Crippen LogP contribution in [0.1, 0.15) is 73.1 Å². The van der Waals surface area contributed by atoms with Crippen LogP contribution in [0.3, 0.4) is 0 Å². The summed E-state index contributed by atoms with van der Waals surface area (Å²) in [7, 11) is 0. The molecule has 6 heteroatoms. The van der Waals surface area contributed by atoms with E-state index >= 15 is 0 Å². The first-order chi connectivity index (χ1) is 15.0. The van der Waals surface area contributed by atoms with Gasteiger partial charge >= 0.3 is 5.97 Å². The number of esters is 1. The van der Waals surface area contributed by atoms with Crippen LogP contribution >= 0.6 is 11.6 Å². The van der Waals surface area contributed by atoms with Crippen molar-refractivity contribution in [1.29, 1.82) is 0 Å². The molecule has 0 N–H and O–H groups in total. The van der Waals surface area contributed by atoms with Crippen molar-refractivity contribution in [1.82, 2.24) is 0 Å². The van der Waals surface area contributed by atoms with Gasteiger partial charge in [-0.1, -0.05) is 40.2 Å². The Morgan fingerprint density at radius 2 is 1.94 bits per heavy atom. The number of hydrogen-bond acceptors (Lipinski definition) is 5. The van der Waals surface area contributed by atoms with Gasteiger partial charge in [-0.3, -0.25) is 14.4 Å². The van der Waals surface area contributed by atoms with Crippen molar-refractivity contribution in [2.75, 3.05) is 5.88 Å². The average molecular weight is 463 g/mol. The summed E-state index contributed by atoms with van der Waals surface area (Å²) in [6.07, 6.45) is 5.97. The molecule has 1 aliphatic heterocycles. The van der Waals surface area contributed by atoms with E-state index < -0.39 is 11.0 Å². The molecule has 0 radical (unpaired) electrons. The summed E-state index contributed by atoms with van der Waals surface area (Å²) in [5.74, 6) is 0.214. The van der Waals surface area contributed by atoms with Crippen LogP contribution in [-0.4, -0.2) is 40.7 Å². The highest BCUT2D eigenvalue weighted by Crippen LogP contribution is 2.78. The van der Waals surface area contributed by atoms with Gasteiger partial charge in [0.25, 0.3) is 0 Å². The van der Waals surface area contributed by atoms with Gasteiger partial charge < -0.3 is 9.47 Å². The van der Waals surface area contributed by atoms with Crippen molar-refractivity contribution < 1.29 is 23.9 Å². The van der Waals surface area contributed by atoms with Crippen LogP contribution in [0.2, 0.25) is 0 Å². The van der Waals surface area contributed by atoms with Gasteiger partial charge in [-0.2, -0.15) is 0 Å². The van der Waals surface area contributed by atoms with Gasteiger partial charge in [-0.25, -0.2) is 0 Å². The van der Waals surface area contributed by atoms with Gasteiger partial charge in [0, 0.05) is 29.6 Å². The molecular formula is C26H35ClO5. The molecule has 4 fully saturated rings. The van der Waals surface area contributed by atoms with Crippen LogP contribution in [0.5, 0.6) is 0 Å². The zero-order valence-corrected chi connectivity index (χ0v) is 20.6. The van der Waals surface area contributed by atoms with Gasteiger partial charge in [0.05, 0.1) is 12.0 Å². The van der Waals surface area contributed by atoms with Crippen LogP contribution in [0, 0.1) is 34.5 Å². The molecule has 0 aromatic carbocycles. The van der Waals surface area contributed by atoms with Crippen molar-refractivity contribution in [3.63, 3.8) is 0 Å². The maximum atomic E-state index is 13.4. The summed E-state index contributed by atoms with van der Waals surface area (Å²) in [5.41, 5.74) is -0.888. The molecule has 4 aliphatic carbocycles. The normalized spacial score (nSPS) is 51.0. The number of halogens is 1. The van der Waals surface area contributed by atoms with E-state index in [1.165, 1.54) is 5.57 Å². The Labute approximate surface area is 195 Å². The summed E-state index contributed by atoms with van der Waals surface area (Å²) >= 11 is 6.13. The largest absolute Gasteiger partial charge is 0.450 e. The highest BCUT2D eigenvalue weighted by Gasteiger charge is 2.83. The maximum Gasteiger partial charge on any atom is 0.306 e. The summed E-state index contributed by atoms with van der Waals surface area (Å²) in [6, 6.07) is 0. The Morgan fingerprint density at radius 1 is 1.22 bits per heavy atom. The smallest absolute Gasteiger partial charge is 0.306 e. The number of ketones is 2. The Bertz CT molecular complexity index is 927. The van der Waals surface area contributed by atoms with Gasteiger partial charge in [0.1, 0.15) is 5.60 Å². The minimum Gasteiger partial charge on any atom is -0.450 e. The van der Waals surface area contributed by atoms with E-state index in [1.807, 2.05) is 6.08 Å². The van der Waals surface area contributed by atoms with Crippen LogP contribution in [0.4, 0.5) is 0 Å². The first-order valence-electron chi connectivity index (χ1n) is 12.3. The third-order valence-electron chi connectivity index (χ3n) is 10.3. The van der Waals surface area contributed by atoms with Crippen molar-refractivity contribution in [2.24, 2.45) is 34.5 Å². The molecule has 9 atom stereocenters. The van der Waals surface area contributed by atoms with E-state index in [0.29, 0.717) is 18.8 Å². The van der Waals surface area contributed by atoms with Crippen molar-refractivity contribution in [2.45, 2.75) is 90.4 Å². The number of epoxide rings is 1. The van der Waals surface area contributed by atoms with E-state index in [1.54, 1.807) is 6.92 Å². The van der Waals surface area contributed by atoms with Gasteiger partial charge in [-0.15, -0.1) is 11.6 Å². The molecule has 0 amide bonds. The van der Waals surface area contributed by atoms with E-state index in [0.717, 1.165) is 19.3 Å². The predicted molar refractivity (Wildman–Crippen MR) is 120 cm³/mol. The average Bonchev–Trinajstić information content (AvgIpc) is 3.43. The highest BCUT2D eigenvalue weighted by molar-refractivity contribution is 6.29. The lowest BCUT2D eigenvalue weighted by Gasteiger charge is -2.58. The first-order valence-corrected chi connectivity index (χ1v) is 12.8. The number of fused-ring (bicyclic) bond motifs is 3. The molecule has 5 rings (SSSR count). The SMILES string of the molecule is CCC(=O)O[C@]1(C(=O)CCl)[C@@H](C)C[C@H]2[C@@H]3C[C@H](C)C4=CC(=O)CC[C@]4(C)[C@]34O[C@H]4C[C@@]21C. The van der Waals surface area contributed by atoms with Gasteiger partial charge in [-0.05, 0) is 49.5 Å². The molecule has 0 bridgehead atoms. The number of Topliss-reactive ketones (excluding diaryl/α,β-unsaturated/α-hetero) is 1. The number of carbonyl (C=O) groups is 3. The molecule has 0 unspecified atom stereocenters. The maximum absolute atomic E-state index is 13.4.